The third-order valence-electron chi connectivity index (χ3n) is 4.36. The first-order chi connectivity index (χ1) is 10.8. The molecule has 0 fully saturated rings. The lowest BCUT2D eigenvalue weighted by molar-refractivity contribution is -0.120. The van der Waals surface area contributed by atoms with E-state index in [-0.39, 0.29) is 5.78 Å². The van der Waals surface area contributed by atoms with Crippen LogP contribution in [-0.2, 0) is 4.79 Å². The van der Waals surface area contributed by atoms with Crippen LogP contribution in [0.2, 0.25) is 0 Å². The molecule has 0 aromatic rings. The number of ketones is 1. The molecule has 22 heavy (non-hydrogen) atoms. The maximum atomic E-state index is 12.0. The molecule has 0 N–H and O–H groups in total. The second kappa shape index (κ2) is 16.6. The molecule has 0 aliphatic heterocycles. The van der Waals surface area contributed by atoms with Crippen LogP contribution in [-0.4, -0.2) is 11.8 Å². The number of nitrogens with zero attached hydrogens (tertiary/aromatic N) is 1. The Labute approximate surface area is 137 Å². The van der Waals surface area contributed by atoms with Gasteiger partial charge in [-0.3, -0.25) is 4.79 Å². The van der Waals surface area contributed by atoms with E-state index in [1.807, 2.05) is 0 Å². The van der Waals surface area contributed by atoms with Gasteiger partial charge in [0.1, 0.15) is 6.04 Å². The van der Waals surface area contributed by atoms with Gasteiger partial charge in [0.05, 0.1) is 0 Å². The van der Waals surface area contributed by atoms with Crippen LogP contribution >= 0.6 is 0 Å². The normalized spacial score (nSPS) is 12.3. The van der Waals surface area contributed by atoms with Crippen molar-refractivity contribution in [1.82, 2.24) is 0 Å². The summed E-state index contributed by atoms with van der Waals surface area (Å²) < 4.78 is 0. The molecule has 1 unspecified atom stereocenters. The fourth-order valence-electron chi connectivity index (χ4n) is 2.81. The van der Waals surface area contributed by atoms with Gasteiger partial charge >= 0.3 is 0 Å². The summed E-state index contributed by atoms with van der Waals surface area (Å²) in [5.41, 5.74) is 0. The molecule has 0 aliphatic carbocycles. The molecule has 0 aromatic heterocycles. The molecule has 0 radical (unpaired) electrons. The fraction of sp³-hybridized carbons (Fsp3) is 0.947. The molecule has 0 aliphatic rings. The Kier molecular flexibility index (Phi) is 16.1. The smallest absolute Gasteiger partial charge is 0.160 e. The Morgan fingerprint density at radius 2 is 1.18 bits per heavy atom. The van der Waals surface area contributed by atoms with Gasteiger partial charge in [-0.05, 0) is 12.8 Å². The number of hydrogen-bond acceptors (Lipinski definition) is 3. The van der Waals surface area contributed by atoms with Crippen LogP contribution in [0.4, 0.5) is 0 Å². The molecule has 0 saturated carbocycles. The van der Waals surface area contributed by atoms with Gasteiger partial charge in [-0.15, -0.1) is 0 Å². The summed E-state index contributed by atoms with van der Waals surface area (Å²) in [6.07, 6.45) is 16.7. The first kappa shape index (κ1) is 21.3. The van der Waals surface area contributed by atoms with Crippen molar-refractivity contribution in [3.8, 4) is 0 Å². The number of carbonyl (C=O) groups excluding carboxylic acids is 1. The number of hydrogen-bond donors (Lipinski definition) is 0. The first-order valence-corrected chi connectivity index (χ1v) is 9.61. The van der Waals surface area contributed by atoms with E-state index in [9.17, 15) is 9.70 Å². The summed E-state index contributed by atoms with van der Waals surface area (Å²) in [7, 11) is 0. The zero-order valence-electron chi connectivity index (χ0n) is 14.9. The van der Waals surface area contributed by atoms with E-state index in [4.69, 9.17) is 0 Å². The minimum absolute atomic E-state index is 0.0668. The molecule has 0 saturated heterocycles. The van der Waals surface area contributed by atoms with Crippen molar-refractivity contribution >= 4 is 5.78 Å². The highest BCUT2D eigenvalue weighted by Gasteiger charge is 2.17. The molecule has 0 spiro atoms. The molecule has 130 valence electrons. The summed E-state index contributed by atoms with van der Waals surface area (Å²) in [6.45, 7) is 4.42. The lowest BCUT2D eigenvalue weighted by atomic mass is 9.99. The zero-order valence-corrected chi connectivity index (χ0v) is 14.9. The van der Waals surface area contributed by atoms with E-state index in [0.717, 1.165) is 25.7 Å². The third-order valence-corrected chi connectivity index (χ3v) is 4.36. The summed E-state index contributed by atoms with van der Waals surface area (Å²) >= 11 is 0. The standard InChI is InChI=1S/C19H37NO2/c1-3-5-7-9-11-13-15-17-19(21)18(20-22)16-14-12-10-8-6-4-2/h18H,3-17H2,1-2H3. The molecular formula is C19H37NO2. The van der Waals surface area contributed by atoms with E-state index in [2.05, 4.69) is 19.0 Å². The van der Waals surface area contributed by atoms with Crippen molar-refractivity contribution in [2.75, 3.05) is 0 Å². The second-order valence-electron chi connectivity index (χ2n) is 6.52. The van der Waals surface area contributed by atoms with Crippen LogP contribution in [0.1, 0.15) is 110 Å². The Bertz CT molecular complexity index is 266. The van der Waals surface area contributed by atoms with E-state index >= 15 is 0 Å². The van der Waals surface area contributed by atoms with E-state index in [1.54, 1.807) is 0 Å². The molecule has 0 amide bonds. The Hall–Kier alpha value is -0.730. The number of nitroso groups, excluding NO2 is 1. The lowest BCUT2D eigenvalue weighted by Gasteiger charge is -2.08. The number of rotatable bonds is 17. The van der Waals surface area contributed by atoms with Gasteiger partial charge in [0, 0.05) is 6.42 Å². The molecule has 0 aromatic carbocycles. The van der Waals surface area contributed by atoms with Gasteiger partial charge < -0.3 is 0 Å². The lowest BCUT2D eigenvalue weighted by Crippen LogP contribution is -2.17. The molecule has 0 rings (SSSR count). The van der Waals surface area contributed by atoms with Crippen LogP contribution < -0.4 is 0 Å². The number of unbranched alkanes of at least 4 members (excludes halogenated alkanes) is 11. The minimum atomic E-state index is -0.578. The van der Waals surface area contributed by atoms with Gasteiger partial charge in [-0.1, -0.05) is 96.1 Å². The Morgan fingerprint density at radius 1 is 0.727 bits per heavy atom. The highest BCUT2D eigenvalue weighted by molar-refractivity contribution is 5.84. The summed E-state index contributed by atoms with van der Waals surface area (Å²) in [4.78, 5) is 22.8. The molecular weight excluding hydrogens is 274 g/mol. The van der Waals surface area contributed by atoms with Crippen molar-refractivity contribution in [3.05, 3.63) is 4.91 Å². The fourth-order valence-corrected chi connectivity index (χ4v) is 2.81. The van der Waals surface area contributed by atoms with Crippen molar-refractivity contribution in [2.24, 2.45) is 5.18 Å². The van der Waals surface area contributed by atoms with Crippen molar-refractivity contribution in [3.63, 3.8) is 0 Å². The van der Waals surface area contributed by atoms with E-state index in [1.165, 1.54) is 57.8 Å². The van der Waals surface area contributed by atoms with Crippen LogP contribution in [0.25, 0.3) is 0 Å². The maximum Gasteiger partial charge on any atom is 0.160 e. The predicted octanol–water partition coefficient (Wildman–Crippen LogP) is 6.58. The summed E-state index contributed by atoms with van der Waals surface area (Å²) in [6, 6.07) is -0.578. The third kappa shape index (κ3) is 13.0. The van der Waals surface area contributed by atoms with Gasteiger partial charge in [0.2, 0.25) is 0 Å². The topological polar surface area (TPSA) is 46.5 Å². The zero-order chi connectivity index (χ0) is 16.5. The average molecular weight is 312 g/mol. The van der Waals surface area contributed by atoms with E-state index in [0.29, 0.717) is 12.8 Å². The SMILES string of the molecule is CCCCCCCCCC(=O)C(CCCCCCCC)N=O. The Morgan fingerprint density at radius 3 is 1.68 bits per heavy atom. The number of Topliss-reactive ketones (excluding diaryl/α,β-unsaturated/α-hetero) is 1. The monoisotopic (exact) mass is 311 g/mol. The van der Waals surface area contributed by atoms with Crippen molar-refractivity contribution < 1.29 is 4.79 Å². The predicted molar refractivity (Wildman–Crippen MR) is 95.2 cm³/mol. The first-order valence-electron chi connectivity index (χ1n) is 9.61. The van der Waals surface area contributed by atoms with Crippen LogP contribution in [0.5, 0.6) is 0 Å². The van der Waals surface area contributed by atoms with Gasteiger partial charge in [0.15, 0.2) is 5.78 Å². The average Bonchev–Trinajstić information content (AvgIpc) is 2.53. The summed E-state index contributed by atoms with van der Waals surface area (Å²) in [5.74, 6) is 0.0668. The molecule has 1 atom stereocenters. The highest BCUT2D eigenvalue weighted by atomic mass is 16.3. The largest absolute Gasteiger partial charge is 0.297 e. The molecule has 0 bridgehead atoms. The molecule has 3 heteroatoms. The minimum Gasteiger partial charge on any atom is -0.297 e. The quantitative estimate of drug-likeness (QED) is 0.225. The van der Waals surface area contributed by atoms with Gasteiger partial charge in [0.25, 0.3) is 0 Å². The van der Waals surface area contributed by atoms with Crippen molar-refractivity contribution in [2.45, 2.75) is 116 Å². The molecule has 0 heterocycles. The van der Waals surface area contributed by atoms with E-state index < -0.39 is 6.04 Å². The van der Waals surface area contributed by atoms with Gasteiger partial charge in [-0.25, -0.2) is 0 Å². The second-order valence-corrected chi connectivity index (χ2v) is 6.52. The summed E-state index contributed by atoms with van der Waals surface area (Å²) in [5, 5.41) is 3.06. The van der Waals surface area contributed by atoms with Crippen LogP contribution in [0, 0.1) is 4.91 Å². The highest BCUT2D eigenvalue weighted by Crippen LogP contribution is 2.14. The number of carbonyl (C=O) groups is 1. The van der Waals surface area contributed by atoms with Gasteiger partial charge in [-0.2, -0.15) is 4.91 Å². The van der Waals surface area contributed by atoms with Crippen LogP contribution in [0.3, 0.4) is 0 Å². The molecule has 3 nitrogen and oxygen atoms in total. The Balaban J connectivity index is 3.57. The maximum absolute atomic E-state index is 12.0. The van der Waals surface area contributed by atoms with Crippen LogP contribution in [0.15, 0.2) is 5.18 Å². The van der Waals surface area contributed by atoms with Crippen molar-refractivity contribution in [1.29, 1.82) is 0 Å².